The molecular weight excluding hydrogens is 418 g/mol. The molecule has 7 nitrogen and oxygen atoms in total. The Bertz CT molecular complexity index is 301. The number of nitrogens with one attached hydrogen (secondary N) is 1. The normalized spacial score (nSPS) is 17.6. The summed E-state index contributed by atoms with van der Waals surface area (Å²) < 4.78 is -3.50. The van der Waals surface area contributed by atoms with Crippen LogP contribution in [0.5, 0.6) is 0 Å². The van der Waals surface area contributed by atoms with Gasteiger partial charge in [-0.05, 0) is 0 Å². The van der Waals surface area contributed by atoms with E-state index in [0.717, 1.165) is 0 Å². The van der Waals surface area contributed by atoms with Gasteiger partial charge in [-0.15, -0.1) is 0 Å². The lowest BCUT2D eigenvalue weighted by Gasteiger charge is -2.31. The first kappa shape index (κ1) is 16.2. The Labute approximate surface area is 116 Å². The maximum absolute atomic E-state index is 10.7. The highest BCUT2D eigenvalue weighted by molar-refractivity contribution is 9.25. The van der Waals surface area contributed by atoms with E-state index in [4.69, 9.17) is 16.2 Å². The second-order valence-corrected chi connectivity index (χ2v) is 8.37. The molecular formula is C6H10Br3N3O4. The zero-order valence-corrected chi connectivity index (χ0v) is 12.6. The van der Waals surface area contributed by atoms with E-state index in [0.29, 0.717) is 0 Å². The molecule has 0 radical (unpaired) electrons. The quantitative estimate of drug-likeness (QED) is 0.122. The summed E-state index contributed by atoms with van der Waals surface area (Å²) in [7, 11) is 0. The summed E-state index contributed by atoms with van der Waals surface area (Å²) >= 11 is 8.66. The topological polar surface area (TPSA) is 133 Å². The van der Waals surface area contributed by atoms with Crippen LogP contribution in [0.15, 0.2) is 0 Å². The number of alkyl halides is 3. The van der Waals surface area contributed by atoms with Crippen molar-refractivity contribution in [3.63, 3.8) is 0 Å². The van der Waals surface area contributed by atoms with Crippen LogP contribution in [0.1, 0.15) is 6.42 Å². The van der Waals surface area contributed by atoms with Crippen molar-refractivity contribution in [1.29, 1.82) is 5.41 Å². The molecule has 2 unspecified atom stereocenters. The van der Waals surface area contributed by atoms with Crippen LogP contribution in [-0.2, 0) is 0 Å². The average molecular weight is 428 g/mol. The number of nitrogens with two attached hydrogens (primary N) is 1. The Morgan fingerprint density at radius 1 is 1.56 bits per heavy atom. The summed E-state index contributed by atoms with van der Waals surface area (Å²) in [6.07, 6.45) is -1.82. The van der Waals surface area contributed by atoms with Crippen molar-refractivity contribution in [3.8, 4) is 0 Å². The van der Waals surface area contributed by atoms with Gasteiger partial charge in [0.1, 0.15) is 9.84 Å². The second kappa shape index (κ2) is 5.71. The fourth-order valence-electron chi connectivity index (χ4n) is 0.918. The molecule has 0 heterocycles. The minimum atomic E-state index is -2.13. The molecule has 94 valence electrons. The maximum atomic E-state index is 10.7. The Morgan fingerprint density at radius 2 is 2.00 bits per heavy atom. The predicted octanol–water partition coefficient (Wildman–Crippen LogP) is 0.520. The molecule has 0 aromatic heterocycles. The molecule has 16 heavy (non-hydrogen) atoms. The largest absolute Gasteiger partial charge is 0.388 e. The van der Waals surface area contributed by atoms with Crippen molar-refractivity contribution in [2.45, 2.75) is 20.2 Å². The zero-order valence-electron chi connectivity index (χ0n) is 7.86. The molecule has 0 aromatic rings. The van der Waals surface area contributed by atoms with E-state index in [1.165, 1.54) is 0 Å². The van der Waals surface area contributed by atoms with Crippen molar-refractivity contribution in [3.05, 3.63) is 10.1 Å². The standard InChI is InChI=1S/C6H10Br3N3O4/c7-5(8,1-3(10)11)4(14)6(9,2-13)12(15)16/h4,13-14H,1-2H2,(H3,10,11). The number of hydrogen-bond acceptors (Lipinski definition) is 5. The average Bonchev–Trinajstić information content (AvgIpc) is 2.13. The summed E-state index contributed by atoms with van der Waals surface area (Å²) in [5.74, 6) is -0.274. The minimum absolute atomic E-state index is 0.171. The molecule has 0 rings (SSSR count). The summed E-state index contributed by atoms with van der Waals surface area (Å²) in [6, 6.07) is 0. The number of rotatable bonds is 6. The fourth-order valence-corrected chi connectivity index (χ4v) is 3.28. The Balaban J connectivity index is 5.08. The van der Waals surface area contributed by atoms with E-state index in [1.807, 2.05) is 0 Å². The lowest BCUT2D eigenvalue weighted by Crippen LogP contribution is -2.55. The molecule has 0 aromatic carbocycles. The van der Waals surface area contributed by atoms with Gasteiger partial charge < -0.3 is 15.9 Å². The molecule has 5 N–H and O–H groups in total. The number of nitrogens with zero attached hydrogens (tertiary/aromatic N) is 1. The third kappa shape index (κ3) is 3.62. The minimum Gasteiger partial charge on any atom is -0.388 e. The van der Waals surface area contributed by atoms with E-state index >= 15 is 0 Å². The van der Waals surface area contributed by atoms with Gasteiger partial charge in [-0.2, -0.15) is 0 Å². The molecule has 10 heteroatoms. The van der Waals surface area contributed by atoms with Crippen LogP contribution in [0.2, 0.25) is 0 Å². The summed E-state index contributed by atoms with van der Waals surface area (Å²) in [4.78, 5) is 9.89. The van der Waals surface area contributed by atoms with Crippen LogP contribution in [0.3, 0.4) is 0 Å². The van der Waals surface area contributed by atoms with Crippen molar-refractivity contribution in [2.75, 3.05) is 6.61 Å². The Morgan fingerprint density at radius 3 is 2.25 bits per heavy atom. The molecule has 0 aliphatic heterocycles. The lowest BCUT2D eigenvalue weighted by atomic mass is 10.1. The fraction of sp³-hybridized carbons (Fsp3) is 0.833. The maximum Gasteiger partial charge on any atom is 0.324 e. The van der Waals surface area contributed by atoms with Crippen LogP contribution in [-0.4, -0.2) is 41.4 Å². The van der Waals surface area contributed by atoms with Gasteiger partial charge in [0.05, 0.1) is 5.84 Å². The lowest BCUT2D eigenvalue weighted by molar-refractivity contribution is -0.551. The van der Waals surface area contributed by atoms with E-state index < -0.39 is 25.3 Å². The number of nitro groups is 1. The van der Waals surface area contributed by atoms with Gasteiger partial charge in [0.25, 0.3) is 0 Å². The van der Waals surface area contributed by atoms with Gasteiger partial charge in [0, 0.05) is 27.3 Å². The molecule has 0 saturated carbocycles. The predicted molar refractivity (Wildman–Crippen MR) is 68.9 cm³/mol. The number of aliphatic hydroxyl groups excluding tert-OH is 2. The van der Waals surface area contributed by atoms with Gasteiger partial charge in [-0.3, -0.25) is 15.5 Å². The first-order valence-corrected chi connectivity index (χ1v) is 6.29. The van der Waals surface area contributed by atoms with Crippen LogP contribution in [0, 0.1) is 15.5 Å². The highest BCUT2D eigenvalue weighted by atomic mass is 79.9. The highest BCUT2D eigenvalue weighted by Gasteiger charge is 2.56. The molecule has 0 aliphatic rings. The molecule has 0 fully saturated rings. The summed E-state index contributed by atoms with van der Waals surface area (Å²) in [5, 5.41) is 36.6. The molecule has 0 saturated heterocycles. The Kier molecular flexibility index (Phi) is 5.80. The monoisotopic (exact) mass is 425 g/mol. The van der Waals surface area contributed by atoms with Gasteiger partial charge in [0.2, 0.25) is 0 Å². The molecule has 0 spiro atoms. The number of halogens is 3. The Hall–Kier alpha value is 0.230. The molecule has 0 aliphatic carbocycles. The van der Waals surface area contributed by atoms with Crippen molar-refractivity contribution in [1.82, 2.24) is 0 Å². The van der Waals surface area contributed by atoms with Gasteiger partial charge in [-0.25, -0.2) is 0 Å². The van der Waals surface area contributed by atoms with Gasteiger partial charge >= 0.3 is 4.45 Å². The number of hydrogen-bond donors (Lipinski definition) is 4. The van der Waals surface area contributed by atoms with Crippen LogP contribution >= 0.6 is 47.8 Å². The highest BCUT2D eigenvalue weighted by Crippen LogP contribution is 2.41. The van der Waals surface area contributed by atoms with E-state index in [2.05, 4.69) is 47.8 Å². The molecule has 2 atom stereocenters. The van der Waals surface area contributed by atoms with Gasteiger partial charge in [-0.1, -0.05) is 31.9 Å². The first-order chi connectivity index (χ1) is 7.08. The van der Waals surface area contributed by atoms with Crippen molar-refractivity contribution >= 4 is 53.6 Å². The first-order valence-electron chi connectivity index (χ1n) is 3.91. The second-order valence-electron chi connectivity index (χ2n) is 3.10. The zero-order chi connectivity index (χ0) is 13.1. The van der Waals surface area contributed by atoms with Crippen LogP contribution in [0.4, 0.5) is 0 Å². The SMILES string of the molecule is N=C(N)CC(Br)(Br)C(O)C(Br)(CO)[N+](=O)[O-]. The van der Waals surface area contributed by atoms with Crippen LogP contribution in [0.25, 0.3) is 0 Å². The van der Waals surface area contributed by atoms with Crippen LogP contribution < -0.4 is 5.73 Å². The number of aliphatic hydroxyl groups is 2. The van der Waals surface area contributed by atoms with E-state index in [1.54, 1.807) is 0 Å². The van der Waals surface area contributed by atoms with Crippen molar-refractivity contribution in [2.24, 2.45) is 5.73 Å². The molecule has 0 amide bonds. The smallest absolute Gasteiger partial charge is 0.324 e. The molecule has 0 bridgehead atoms. The van der Waals surface area contributed by atoms with Gasteiger partial charge in [0.15, 0.2) is 6.10 Å². The third-order valence-electron chi connectivity index (χ3n) is 1.77. The summed E-state index contributed by atoms with van der Waals surface area (Å²) in [5.41, 5.74) is 5.14. The number of amidine groups is 1. The van der Waals surface area contributed by atoms with E-state index in [-0.39, 0.29) is 12.3 Å². The van der Waals surface area contributed by atoms with E-state index in [9.17, 15) is 15.2 Å². The van der Waals surface area contributed by atoms with Crippen molar-refractivity contribution < 1.29 is 15.1 Å². The third-order valence-corrected chi connectivity index (χ3v) is 4.17. The summed E-state index contributed by atoms with van der Waals surface area (Å²) in [6.45, 7) is -0.919.